The zero-order valence-corrected chi connectivity index (χ0v) is 9.00. The van der Waals surface area contributed by atoms with E-state index in [-0.39, 0.29) is 17.8 Å². The monoisotopic (exact) mass is 222 g/mol. The summed E-state index contributed by atoms with van der Waals surface area (Å²) in [4.78, 5) is 23.1. The van der Waals surface area contributed by atoms with Crippen LogP contribution in [0.1, 0.15) is 6.42 Å². The molecule has 6 unspecified atom stereocenters. The number of carboxylic acids is 1. The number of hydrogen-bond donors (Lipinski definition) is 1. The molecule has 0 aromatic rings. The van der Waals surface area contributed by atoms with Crippen molar-refractivity contribution in [2.24, 2.45) is 47.3 Å². The smallest absolute Gasteiger partial charge is 0.309 e. The van der Waals surface area contributed by atoms with Gasteiger partial charge in [-0.15, -0.1) is 0 Å². The Kier molecular flexibility index (Phi) is 1.37. The summed E-state index contributed by atoms with van der Waals surface area (Å²) in [5.41, 5.74) is 0. The Balaban J connectivity index is 1.76. The number of carbonyl (C=O) groups excluding carboxylic acids is 1. The summed E-state index contributed by atoms with van der Waals surface area (Å²) in [6.45, 7) is 0. The van der Waals surface area contributed by atoms with Gasteiger partial charge < -0.3 is 9.84 Å². The van der Waals surface area contributed by atoms with Gasteiger partial charge in [-0.2, -0.15) is 0 Å². The second kappa shape index (κ2) is 2.44. The predicted molar refractivity (Wildman–Crippen MR) is 52.2 cm³/mol. The van der Waals surface area contributed by atoms with Gasteiger partial charge in [0.1, 0.15) is 0 Å². The maximum absolute atomic E-state index is 11.8. The molecule has 5 aliphatic carbocycles. The Labute approximate surface area is 93.0 Å². The SMILES string of the molecule is COC(=O)[C@@H]1C2C3CC4C2C4C3[C@@H]1C(=O)O. The van der Waals surface area contributed by atoms with Gasteiger partial charge in [0.05, 0.1) is 18.9 Å². The van der Waals surface area contributed by atoms with Crippen molar-refractivity contribution in [3.63, 3.8) is 0 Å². The molecule has 16 heavy (non-hydrogen) atoms. The summed E-state index contributed by atoms with van der Waals surface area (Å²) >= 11 is 0. The van der Waals surface area contributed by atoms with Crippen LogP contribution in [-0.2, 0) is 14.3 Å². The van der Waals surface area contributed by atoms with Crippen LogP contribution in [0.5, 0.6) is 0 Å². The first kappa shape index (κ1) is 9.02. The largest absolute Gasteiger partial charge is 0.481 e. The predicted octanol–water partition coefficient (Wildman–Crippen LogP) is 0.618. The molecule has 0 amide bonds. The summed E-state index contributed by atoms with van der Waals surface area (Å²) in [5, 5.41) is 9.31. The highest BCUT2D eigenvalue weighted by molar-refractivity contribution is 5.83. The lowest BCUT2D eigenvalue weighted by molar-refractivity contribution is -0.158. The van der Waals surface area contributed by atoms with E-state index in [0.29, 0.717) is 23.7 Å². The van der Waals surface area contributed by atoms with E-state index in [1.54, 1.807) is 0 Å². The number of hydrogen-bond acceptors (Lipinski definition) is 3. The molecule has 5 fully saturated rings. The summed E-state index contributed by atoms with van der Waals surface area (Å²) in [7, 11) is 1.36. The van der Waals surface area contributed by atoms with Crippen molar-refractivity contribution < 1.29 is 19.4 Å². The van der Waals surface area contributed by atoms with Gasteiger partial charge in [-0.3, -0.25) is 9.59 Å². The van der Waals surface area contributed by atoms with Crippen molar-refractivity contribution in [3.05, 3.63) is 0 Å². The van der Waals surface area contributed by atoms with E-state index in [9.17, 15) is 14.7 Å². The van der Waals surface area contributed by atoms with Gasteiger partial charge in [0.25, 0.3) is 0 Å². The van der Waals surface area contributed by atoms with Gasteiger partial charge in [0.15, 0.2) is 0 Å². The zero-order chi connectivity index (χ0) is 11.2. The molecule has 8 atom stereocenters. The van der Waals surface area contributed by atoms with Gasteiger partial charge in [-0.25, -0.2) is 0 Å². The Hall–Kier alpha value is -1.06. The van der Waals surface area contributed by atoms with Crippen molar-refractivity contribution >= 4 is 11.9 Å². The van der Waals surface area contributed by atoms with Crippen LogP contribution in [-0.4, -0.2) is 24.2 Å². The lowest BCUT2D eigenvalue weighted by Crippen LogP contribution is -2.36. The van der Waals surface area contributed by atoms with E-state index in [2.05, 4.69) is 0 Å². The molecule has 0 radical (unpaired) electrons. The summed E-state index contributed by atoms with van der Waals surface area (Å²) in [6, 6.07) is 0. The molecular formula is C12H14O4. The van der Waals surface area contributed by atoms with Crippen LogP contribution in [0.4, 0.5) is 0 Å². The van der Waals surface area contributed by atoms with Crippen LogP contribution < -0.4 is 0 Å². The molecule has 5 saturated carbocycles. The maximum Gasteiger partial charge on any atom is 0.309 e. The number of rotatable bonds is 2. The molecule has 0 aliphatic heterocycles. The van der Waals surface area contributed by atoms with Crippen molar-refractivity contribution in [3.8, 4) is 0 Å². The first-order valence-electron chi connectivity index (χ1n) is 5.97. The number of aliphatic carboxylic acids is 1. The average molecular weight is 222 g/mol. The molecule has 5 aliphatic rings. The van der Waals surface area contributed by atoms with Crippen LogP contribution in [0.25, 0.3) is 0 Å². The van der Waals surface area contributed by atoms with E-state index in [4.69, 9.17) is 4.74 Å². The van der Waals surface area contributed by atoms with Gasteiger partial charge >= 0.3 is 11.9 Å². The minimum Gasteiger partial charge on any atom is -0.481 e. The normalized spacial score (nSPS) is 58.8. The van der Waals surface area contributed by atoms with E-state index in [1.165, 1.54) is 13.5 Å². The number of methoxy groups -OCH3 is 1. The number of carboxylic acid groups (broad SMARTS) is 1. The molecule has 5 rings (SSSR count). The van der Waals surface area contributed by atoms with Gasteiger partial charge in [0, 0.05) is 0 Å². The molecule has 6 bridgehead atoms. The standard InChI is InChI=1S/C12H14O4/c1-16-12(15)10-8-4-2-3-5(6(3)8)7(4)9(10)11(13)14/h3-10H,2H2,1H3,(H,13,14)/t3?,4?,5?,6?,7?,8?,9-,10+/m0/s1. The minimum atomic E-state index is -0.793. The fraction of sp³-hybridized carbons (Fsp3) is 0.833. The van der Waals surface area contributed by atoms with Crippen LogP contribution in [0, 0.1) is 47.3 Å². The molecule has 4 heteroatoms. The Morgan fingerprint density at radius 2 is 1.62 bits per heavy atom. The Morgan fingerprint density at radius 1 is 1.06 bits per heavy atom. The van der Waals surface area contributed by atoms with Crippen LogP contribution in [0.2, 0.25) is 0 Å². The zero-order valence-electron chi connectivity index (χ0n) is 9.00. The summed E-state index contributed by atoms with van der Waals surface area (Å²) in [6.07, 6.45) is 1.17. The first-order chi connectivity index (χ1) is 7.66. The highest BCUT2D eigenvalue weighted by Gasteiger charge is 2.82. The number of esters is 1. The van der Waals surface area contributed by atoms with Crippen LogP contribution in [0.3, 0.4) is 0 Å². The molecule has 0 aromatic carbocycles. The number of carbonyl (C=O) groups is 2. The fourth-order valence-electron chi connectivity index (χ4n) is 5.53. The Morgan fingerprint density at radius 3 is 2.12 bits per heavy atom. The van der Waals surface area contributed by atoms with Gasteiger partial charge in [-0.05, 0) is 41.9 Å². The molecule has 0 heterocycles. The third-order valence-electron chi connectivity index (χ3n) is 5.69. The lowest BCUT2D eigenvalue weighted by atomic mass is 9.79. The minimum absolute atomic E-state index is 0.279. The second-order valence-electron chi connectivity index (χ2n) is 5.79. The third-order valence-corrected chi connectivity index (χ3v) is 5.69. The summed E-state index contributed by atoms with van der Waals surface area (Å²) in [5.74, 6) is 1.25. The van der Waals surface area contributed by atoms with Crippen molar-refractivity contribution in [2.45, 2.75) is 6.42 Å². The third kappa shape index (κ3) is 0.711. The highest BCUT2D eigenvalue weighted by atomic mass is 16.5. The molecule has 0 aromatic heterocycles. The van der Waals surface area contributed by atoms with Crippen LogP contribution in [0.15, 0.2) is 0 Å². The lowest BCUT2D eigenvalue weighted by Gasteiger charge is -2.25. The van der Waals surface area contributed by atoms with Crippen LogP contribution >= 0.6 is 0 Å². The maximum atomic E-state index is 11.8. The average Bonchev–Trinajstić information content (AvgIpc) is 2.64. The van der Waals surface area contributed by atoms with Crippen molar-refractivity contribution in [2.75, 3.05) is 7.11 Å². The molecule has 0 saturated heterocycles. The molecule has 4 nitrogen and oxygen atoms in total. The van der Waals surface area contributed by atoms with E-state index < -0.39 is 11.9 Å². The van der Waals surface area contributed by atoms with Gasteiger partial charge in [-0.1, -0.05) is 0 Å². The molecular weight excluding hydrogens is 208 g/mol. The van der Waals surface area contributed by atoms with E-state index >= 15 is 0 Å². The fourth-order valence-corrected chi connectivity index (χ4v) is 5.53. The second-order valence-corrected chi connectivity index (χ2v) is 5.79. The van der Waals surface area contributed by atoms with Crippen molar-refractivity contribution in [1.29, 1.82) is 0 Å². The first-order valence-corrected chi connectivity index (χ1v) is 5.97. The summed E-state index contributed by atoms with van der Waals surface area (Å²) < 4.78 is 4.80. The highest BCUT2D eigenvalue weighted by Crippen LogP contribution is 2.83. The quantitative estimate of drug-likeness (QED) is 0.695. The molecule has 0 spiro atoms. The topological polar surface area (TPSA) is 63.6 Å². The van der Waals surface area contributed by atoms with Crippen molar-refractivity contribution in [1.82, 2.24) is 0 Å². The molecule has 1 N–H and O–H groups in total. The molecule has 86 valence electrons. The number of ether oxygens (including phenoxy) is 1. The van der Waals surface area contributed by atoms with Gasteiger partial charge in [0.2, 0.25) is 0 Å². The van der Waals surface area contributed by atoms with E-state index in [0.717, 1.165) is 5.92 Å². The Bertz CT molecular complexity index is 404. The van der Waals surface area contributed by atoms with E-state index in [1.807, 2.05) is 0 Å².